The van der Waals surface area contributed by atoms with Crippen LogP contribution >= 0.6 is 0 Å². The summed E-state index contributed by atoms with van der Waals surface area (Å²) >= 11 is 0. The predicted molar refractivity (Wildman–Crippen MR) is 105 cm³/mol. The molecule has 0 amide bonds. The van der Waals surface area contributed by atoms with Gasteiger partial charge in [0.05, 0.1) is 6.61 Å². The van der Waals surface area contributed by atoms with Crippen molar-refractivity contribution < 1.29 is 9.53 Å². The molecule has 0 spiro atoms. The number of esters is 1. The van der Waals surface area contributed by atoms with Gasteiger partial charge in [0.1, 0.15) is 0 Å². The quantitative estimate of drug-likeness (QED) is 0.176. The first kappa shape index (κ1) is 25.5. The fourth-order valence-electron chi connectivity index (χ4n) is 2.76. The van der Waals surface area contributed by atoms with Crippen molar-refractivity contribution >= 4 is 29.9 Å². The Balaban J connectivity index is 0. The van der Waals surface area contributed by atoms with E-state index in [4.69, 9.17) is 4.74 Å². The van der Waals surface area contributed by atoms with E-state index in [1.165, 1.54) is 70.6 Å². The average Bonchev–Trinajstić information content (AvgIpc) is 2.53. The van der Waals surface area contributed by atoms with E-state index in [0.29, 0.717) is 18.9 Å². The second kappa shape index (κ2) is 20.3. The van der Waals surface area contributed by atoms with Crippen molar-refractivity contribution in [1.29, 1.82) is 0 Å². The fraction of sp³-hybridized carbons (Fsp3) is 0.950. The van der Waals surface area contributed by atoms with Crippen LogP contribution in [0.5, 0.6) is 0 Å². The van der Waals surface area contributed by atoms with E-state index in [1.807, 2.05) is 0 Å². The van der Waals surface area contributed by atoms with Gasteiger partial charge < -0.3 is 4.74 Å². The van der Waals surface area contributed by atoms with Gasteiger partial charge in [-0.1, -0.05) is 91.4 Å². The number of rotatable bonds is 16. The van der Waals surface area contributed by atoms with Gasteiger partial charge in [-0.2, -0.15) is 0 Å². The van der Waals surface area contributed by atoms with Crippen LogP contribution in [0.1, 0.15) is 111 Å². The second-order valence-corrected chi connectivity index (χ2v) is 6.68. The summed E-state index contributed by atoms with van der Waals surface area (Å²) in [6, 6.07) is 0. The Bertz CT molecular complexity index is 244. The Hall–Kier alpha value is 0.269. The van der Waals surface area contributed by atoms with Gasteiger partial charge >= 0.3 is 29.9 Å². The zero-order valence-corrected chi connectivity index (χ0v) is 20.2. The molecule has 0 aromatic carbocycles. The summed E-state index contributed by atoms with van der Waals surface area (Å²) in [5.41, 5.74) is 0. The second-order valence-electron chi connectivity index (χ2n) is 6.68. The van der Waals surface area contributed by atoms with Gasteiger partial charge in [0.25, 0.3) is 0 Å². The summed E-state index contributed by atoms with van der Waals surface area (Å²) < 4.78 is 5.43. The molecule has 23 heavy (non-hydrogen) atoms. The van der Waals surface area contributed by atoms with Crippen LogP contribution in [-0.4, -0.2) is 36.5 Å². The minimum atomic E-state index is 0. The standard InChI is InChI=1S/C20H40O2.Sn.2H/c1-4-7-9-10-11-12-13-14-15-17-20(21)22-18-19(6-3)16-8-5-2;;;/h19H,4-18H2,1-3H3;;;. The van der Waals surface area contributed by atoms with Gasteiger partial charge in [-0.15, -0.1) is 0 Å². The topological polar surface area (TPSA) is 26.3 Å². The molecule has 138 valence electrons. The van der Waals surface area contributed by atoms with Crippen LogP contribution < -0.4 is 0 Å². The molecule has 2 nitrogen and oxygen atoms in total. The van der Waals surface area contributed by atoms with E-state index in [0.717, 1.165) is 12.8 Å². The zero-order chi connectivity index (χ0) is 16.5. The van der Waals surface area contributed by atoms with Gasteiger partial charge in [-0.25, -0.2) is 0 Å². The molecule has 0 rings (SSSR count). The molecule has 0 aliphatic carbocycles. The number of unbranched alkanes of at least 4 members (excludes halogenated alkanes) is 9. The summed E-state index contributed by atoms with van der Waals surface area (Å²) in [6.07, 6.45) is 17.0. The molecule has 0 aromatic heterocycles. The Morgan fingerprint density at radius 1 is 0.783 bits per heavy atom. The van der Waals surface area contributed by atoms with Crippen LogP contribution in [0.15, 0.2) is 0 Å². The zero-order valence-electron chi connectivity index (χ0n) is 16.2. The molecular weight excluding hydrogens is 391 g/mol. The molecule has 0 aliphatic rings. The number of hydrogen-bond donors (Lipinski definition) is 0. The van der Waals surface area contributed by atoms with E-state index in [2.05, 4.69) is 20.8 Å². The maximum atomic E-state index is 11.7. The van der Waals surface area contributed by atoms with E-state index in [9.17, 15) is 4.79 Å². The Kier molecular flexibility index (Phi) is 22.5. The van der Waals surface area contributed by atoms with E-state index in [-0.39, 0.29) is 29.9 Å². The predicted octanol–water partition coefficient (Wildman–Crippen LogP) is 5.75. The van der Waals surface area contributed by atoms with Gasteiger partial charge in [-0.05, 0) is 18.8 Å². The van der Waals surface area contributed by atoms with E-state index >= 15 is 0 Å². The molecule has 1 atom stereocenters. The molecular formula is C20H42O2Sn. The van der Waals surface area contributed by atoms with Crippen LogP contribution in [0.3, 0.4) is 0 Å². The molecule has 1 unspecified atom stereocenters. The molecule has 0 aromatic rings. The van der Waals surface area contributed by atoms with Crippen molar-refractivity contribution in [3.8, 4) is 0 Å². The molecule has 0 saturated heterocycles. The molecule has 0 fully saturated rings. The fourth-order valence-corrected chi connectivity index (χ4v) is 2.76. The van der Waals surface area contributed by atoms with Gasteiger partial charge in [0, 0.05) is 6.42 Å². The minimum absolute atomic E-state index is 0. The van der Waals surface area contributed by atoms with Crippen LogP contribution in [0.25, 0.3) is 0 Å². The first-order valence-electron chi connectivity index (χ1n) is 9.90. The number of ether oxygens (including phenoxy) is 1. The van der Waals surface area contributed by atoms with E-state index in [1.54, 1.807) is 0 Å². The summed E-state index contributed by atoms with van der Waals surface area (Å²) in [5, 5.41) is 0. The maximum absolute atomic E-state index is 11.7. The summed E-state index contributed by atoms with van der Waals surface area (Å²) in [5.74, 6) is 0.574. The third-order valence-electron chi connectivity index (χ3n) is 4.51. The van der Waals surface area contributed by atoms with Crippen molar-refractivity contribution in [3.63, 3.8) is 0 Å². The molecule has 0 heterocycles. The molecule has 0 N–H and O–H groups in total. The van der Waals surface area contributed by atoms with Crippen LogP contribution in [0.4, 0.5) is 0 Å². The number of carbonyl (C=O) groups is 1. The summed E-state index contributed by atoms with van der Waals surface area (Å²) in [7, 11) is 0. The SMILES string of the molecule is CCCCCCCCCCCC(=O)OCC(CC)CCCC.[SnH2]. The number of carbonyl (C=O) groups excluding carboxylic acids is 1. The third kappa shape index (κ3) is 18.4. The molecule has 2 radical (unpaired) electrons. The van der Waals surface area contributed by atoms with Gasteiger partial charge in [0.15, 0.2) is 0 Å². The van der Waals surface area contributed by atoms with Crippen molar-refractivity contribution in [2.75, 3.05) is 6.61 Å². The monoisotopic (exact) mass is 434 g/mol. The molecule has 0 aliphatic heterocycles. The Morgan fingerprint density at radius 3 is 1.83 bits per heavy atom. The first-order valence-corrected chi connectivity index (χ1v) is 9.90. The van der Waals surface area contributed by atoms with Crippen molar-refractivity contribution in [1.82, 2.24) is 0 Å². The Labute approximate surface area is 162 Å². The number of hydrogen-bond acceptors (Lipinski definition) is 2. The first-order chi connectivity index (χ1) is 10.7. The van der Waals surface area contributed by atoms with Crippen molar-refractivity contribution in [3.05, 3.63) is 0 Å². The van der Waals surface area contributed by atoms with Crippen molar-refractivity contribution in [2.45, 2.75) is 111 Å². The average molecular weight is 433 g/mol. The molecule has 3 heteroatoms. The van der Waals surface area contributed by atoms with Crippen LogP contribution in [-0.2, 0) is 9.53 Å². The summed E-state index contributed by atoms with van der Waals surface area (Å²) in [6.45, 7) is 7.29. The van der Waals surface area contributed by atoms with Gasteiger partial charge in [-0.3, -0.25) is 4.79 Å². The van der Waals surface area contributed by atoms with Crippen LogP contribution in [0.2, 0.25) is 0 Å². The molecule has 0 saturated carbocycles. The van der Waals surface area contributed by atoms with Crippen LogP contribution in [0, 0.1) is 5.92 Å². The molecule has 0 bridgehead atoms. The normalized spacial score (nSPS) is 11.8. The van der Waals surface area contributed by atoms with E-state index < -0.39 is 0 Å². The summed E-state index contributed by atoms with van der Waals surface area (Å²) in [4.78, 5) is 11.7. The van der Waals surface area contributed by atoms with Gasteiger partial charge in [0.2, 0.25) is 0 Å². The van der Waals surface area contributed by atoms with Crippen molar-refractivity contribution in [2.24, 2.45) is 5.92 Å². The third-order valence-corrected chi connectivity index (χ3v) is 4.51. The Morgan fingerprint density at radius 2 is 1.30 bits per heavy atom.